The van der Waals surface area contributed by atoms with Gasteiger partial charge >= 0.3 is 0 Å². The van der Waals surface area contributed by atoms with Crippen LogP contribution in [0.25, 0.3) is 0 Å². The fourth-order valence-corrected chi connectivity index (χ4v) is 2.24. The summed E-state index contributed by atoms with van der Waals surface area (Å²) in [7, 11) is 0. The molecule has 0 bridgehead atoms. The van der Waals surface area contributed by atoms with E-state index in [-0.39, 0.29) is 23.8 Å². The minimum Gasteiger partial charge on any atom is -0.369 e. The first-order chi connectivity index (χ1) is 7.58. The van der Waals surface area contributed by atoms with E-state index in [9.17, 15) is 9.59 Å². The average Bonchev–Trinajstić information content (AvgIpc) is 2.95. The molecular formula is C11H19N3O2. The first kappa shape index (κ1) is 11.4. The third-order valence-electron chi connectivity index (χ3n) is 3.58. The van der Waals surface area contributed by atoms with Gasteiger partial charge in [-0.25, -0.2) is 0 Å². The SMILES string of the molecule is NC(=O)C1CCN(C(=O)CC(N)C2CC2)C1. The number of rotatable bonds is 4. The van der Waals surface area contributed by atoms with E-state index in [2.05, 4.69) is 0 Å². The van der Waals surface area contributed by atoms with Gasteiger partial charge in [-0.2, -0.15) is 0 Å². The zero-order valence-corrected chi connectivity index (χ0v) is 9.39. The minimum atomic E-state index is -0.304. The van der Waals surface area contributed by atoms with Crippen LogP contribution in [0.5, 0.6) is 0 Å². The molecule has 2 atom stereocenters. The minimum absolute atomic E-state index is 0.000119. The predicted molar refractivity (Wildman–Crippen MR) is 59.2 cm³/mol. The van der Waals surface area contributed by atoms with Crippen molar-refractivity contribution in [2.75, 3.05) is 13.1 Å². The van der Waals surface area contributed by atoms with E-state index in [1.54, 1.807) is 4.90 Å². The molecule has 0 spiro atoms. The Bertz CT molecular complexity index is 302. The summed E-state index contributed by atoms with van der Waals surface area (Å²) in [6, 6.07) is 0.000119. The van der Waals surface area contributed by atoms with Gasteiger partial charge in [0, 0.05) is 25.6 Å². The van der Waals surface area contributed by atoms with Gasteiger partial charge in [0.25, 0.3) is 0 Å². The van der Waals surface area contributed by atoms with Crippen LogP contribution in [0.2, 0.25) is 0 Å². The number of carbonyl (C=O) groups excluding carboxylic acids is 2. The van der Waals surface area contributed by atoms with Crippen molar-refractivity contribution in [3.8, 4) is 0 Å². The molecule has 0 aromatic carbocycles. The highest BCUT2D eigenvalue weighted by atomic mass is 16.2. The molecule has 1 aliphatic carbocycles. The van der Waals surface area contributed by atoms with E-state index in [4.69, 9.17) is 11.5 Å². The summed E-state index contributed by atoms with van der Waals surface area (Å²) in [5.41, 5.74) is 11.1. The molecule has 1 saturated carbocycles. The summed E-state index contributed by atoms with van der Waals surface area (Å²) in [6.07, 6.45) is 3.41. The lowest BCUT2D eigenvalue weighted by Crippen LogP contribution is -2.36. The van der Waals surface area contributed by atoms with Gasteiger partial charge in [-0.1, -0.05) is 0 Å². The van der Waals surface area contributed by atoms with Crippen molar-refractivity contribution in [1.29, 1.82) is 0 Å². The smallest absolute Gasteiger partial charge is 0.224 e. The van der Waals surface area contributed by atoms with E-state index in [1.807, 2.05) is 0 Å². The fourth-order valence-electron chi connectivity index (χ4n) is 2.24. The van der Waals surface area contributed by atoms with Gasteiger partial charge < -0.3 is 16.4 Å². The van der Waals surface area contributed by atoms with Crippen molar-refractivity contribution in [3.05, 3.63) is 0 Å². The Morgan fingerprint density at radius 2 is 2.00 bits per heavy atom. The normalized spacial score (nSPS) is 26.8. The molecule has 0 aromatic rings. The summed E-state index contributed by atoms with van der Waals surface area (Å²) in [5.74, 6) is 0.143. The Morgan fingerprint density at radius 3 is 2.50 bits per heavy atom. The third-order valence-corrected chi connectivity index (χ3v) is 3.58. The summed E-state index contributed by atoms with van der Waals surface area (Å²) in [5, 5.41) is 0. The van der Waals surface area contributed by atoms with Crippen LogP contribution in [0.15, 0.2) is 0 Å². The quantitative estimate of drug-likeness (QED) is 0.672. The van der Waals surface area contributed by atoms with Crippen LogP contribution < -0.4 is 11.5 Å². The molecular weight excluding hydrogens is 206 g/mol. The molecule has 90 valence electrons. The molecule has 16 heavy (non-hydrogen) atoms. The molecule has 2 unspecified atom stereocenters. The zero-order chi connectivity index (χ0) is 11.7. The van der Waals surface area contributed by atoms with Gasteiger partial charge in [-0.05, 0) is 25.2 Å². The number of primary amides is 1. The van der Waals surface area contributed by atoms with Crippen LogP contribution in [-0.4, -0.2) is 35.8 Å². The van der Waals surface area contributed by atoms with Crippen molar-refractivity contribution in [1.82, 2.24) is 4.90 Å². The fraction of sp³-hybridized carbons (Fsp3) is 0.818. The lowest BCUT2D eigenvalue weighted by molar-refractivity contribution is -0.131. The second kappa shape index (κ2) is 4.41. The lowest BCUT2D eigenvalue weighted by atomic mass is 10.1. The van der Waals surface area contributed by atoms with Gasteiger partial charge in [-0.15, -0.1) is 0 Å². The molecule has 1 saturated heterocycles. The maximum atomic E-state index is 11.8. The predicted octanol–water partition coefficient (Wildman–Crippen LogP) is -0.552. The van der Waals surface area contributed by atoms with Crippen molar-refractivity contribution in [3.63, 3.8) is 0 Å². The van der Waals surface area contributed by atoms with Crippen LogP contribution in [0.4, 0.5) is 0 Å². The van der Waals surface area contributed by atoms with Crippen LogP contribution in [-0.2, 0) is 9.59 Å². The van der Waals surface area contributed by atoms with Crippen LogP contribution in [0.1, 0.15) is 25.7 Å². The topological polar surface area (TPSA) is 89.4 Å². The van der Waals surface area contributed by atoms with Crippen molar-refractivity contribution >= 4 is 11.8 Å². The maximum absolute atomic E-state index is 11.8. The van der Waals surface area contributed by atoms with Crippen LogP contribution in [0.3, 0.4) is 0 Å². The molecule has 2 fully saturated rings. The number of hydrogen-bond donors (Lipinski definition) is 2. The Hall–Kier alpha value is -1.10. The van der Waals surface area contributed by atoms with Crippen molar-refractivity contribution in [2.24, 2.45) is 23.3 Å². The second-order valence-electron chi connectivity index (χ2n) is 4.93. The van der Waals surface area contributed by atoms with E-state index < -0.39 is 0 Å². The van der Waals surface area contributed by atoms with Crippen LogP contribution >= 0.6 is 0 Å². The van der Waals surface area contributed by atoms with Gasteiger partial charge in [0.2, 0.25) is 11.8 Å². The number of hydrogen-bond acceptors (Lipinski definition) is 3. The van der Waals surface area contributed by atoms with E-state index in [0.29, 0.717) is 31.8 Å². The molecule has 5 nitrogen and oxygen atoms in total. The van der Waals surface area contributed by atoms with E-state index in [1.165, 1.54) is 0 Å². The molecule has 0 aromatic heterocycles. The molecule has 1 heterocycles. The molecule has 0 radical (unpaired) electrons. The first-order valence-corrected chi connectivity index (χ1v) is 5.90. The summed E-state index contributed by atoms with van der Waals surface area (Å²) in [6.45, 7) is 1.12. The van der Waals surface area contributed by atoms with Gasteiger partial charge in [0.15, 0.2) is 0 Å². The van der Waals surface area contributed by atoms with E-state index in [0.717, 1.165) is 12.8 Å². The largest absolute Gasteiger partial charge is 0.369 e. The average molecular weight is 225 g/mol. The molecule has 2 rings (SSSR count). The summed E-state index contributed by atoms with van der Waals surface area (Å²) < 4.78 is 0. The summed E-state index contributed by atoms with van der Waals surface area (Å²) >= 11 is 0. The Kier molecular flexibility index (Phi) is 3.14. The van der Waals surface area contributed by atoms with E-state index >= 15 is 0 Å². The highest BCUT2D eigenvalue weighted by Crippen LogP contribution is 2.33. The number of carbonyl (C=O) groups is 2. The van der Waals surface area contributed by atoms with Gasteiger partial charge in [0.05, 0.1) is 5.92 Å². The molecule has 1 aliphatic heterocycles. The van der Waals surface area contributed by atoms with Crippen molar-refractivity contribution < 1.29 is 9.59 Å². The highest BCUT2D eigenvalue weighted by molar-refractivity contribution is 5.81. The number of nitrogens with two attached hydrogens (primary N) is 2. The highest BCUT2D eigenvalue weighted by Gasteiger charge is 2.34. The van der Waals surface area contributed by atoms with Crippen molar-refractivity contribution in [2.45, 2.75) is 31.7 Å². The van der Waals surface area contributed by atoms with Crippen LogP contribution in [0, 0.1) is 11.8 Å². The maximum Gasteiger partial charge on any atom is 0.224 e. The first-order valence-electron chi connectivity index (χ1n) is 5.90. The Morgan fingerprint density at radius 1 is 1.31 bits per heavy atom. The number of nitrogens with zero attached hydrogens (tertiary/aromatic N) is 1. The molecule has 4 N–H and O–H groups in total. The zero-order valence-electron chi connectivity index (χ0n) is 9.39. The van der Waals surface area contributed by atoms with Gasteiger partial charge in [-0.3, -0.25) is 9.59 Å². The number of likely N-dealkylation sites (tertiary alicyclic amines) is 1. The Balaban J connectivity index is 1.79. The standard InChI is InChI=1S/C11H19N3O2/c12-9(7-1-2-7)5-10(15)14-4-3-8(6-14)11(13)16/h7-9H,1-6,12H2,(H2,13,16). The third kappa shape index (κ3) is 2.52. The number of amides is 2. The van der Waals surface area contributed by atoms with Gasteiger partial charge in [0.1, 0.15) is 0 Å². The Labute approximate surface area is 95.1 Å². The molecule has 2 aliphatic rings. The summed E-state index contributed by atoms with van der Waals surface area (Å²) in [4.78, 5) is 24.5. The lowest BCUT2D eigenvalue weighted by Gasteiger charge is -2.18. The monoisotopic (exact) mass is 225 g/mol. The molecule has 5 heteroatoms. The second-order valence-corrected chi connectivity index (χ2v) is 4.93. The molecule has 2 amide bonds.